The van der Waals surface area contributed by atoms with Gasteiger partial charge in [0, 0.05) is 26.2 Å². The highest BCUT2D eigenvalue weighted by molar-refractivity contribution is 7.89. The Morgan fingerprint density at radius 1 is 1.17 bits per heavy atom. The SMILES string of the molecule is CC(C)(C)OC(=O)N1CCN(S(=O)(=O)c2cccc(F)c2)CC1. The van der Waals surface area contributed by atoms with Crippen LogP contribution in [0, 0.1) is 5.82 Å². The summed E-state index contributed by atoms with van der Waals surface area (Å²) in [5.41, 5.74) is -0.595. The predicted octanol–water partition coefficient (Wildman–Crippen LogP) is 2.07. The summed E-state index contributed by atoms with van der Waals surface area (Å²) >= 11 is 0. The van der Waals surface area contributed by atoms with E-state index in [-0.39, 0.29) is 31.1 Å². The van der Waals surface area contributed by atoms with Gasteiger partial charge in [0.2, 0.25) is 10.0 Å². The van der Waals surface area contributed by atoms with E-state index in [9.17, 15) is 17.6 Å². The molecular weight excluding hydrogens is 323 g/mol. The Morgan fingerprint density at radius 2 is 1.78 bits per heavy atom. The van der Waals surface area contributed by atoms with Gasteiger partial charge >= 0.3 is 6.09 Å². The zero-order chi connectivity index (χ0) is 17.3. The maximum atomic E-state index is 13.2. The summed E-state index contributed by atoms with van der Waals surface area (Å²) in [4.78, 5) is 13.4. The van der Waals surface area contributed by atoms with Crippen molar-refractivity contribution in [2.75, 3.05) is 26.2 Å². The third kappa shape index (κ3) is 4.42. The van der Waals surface area contributed by atoms with E-state index in [0.29, 0.717) is 0 Å². The number of halogens is 1. The first-order valence-electron chi connectivity index (χ1n) is 7.33. The second-order valence-corrected chi connectivity index (χ2v) is 8.27. The summed E-state index contributed by atoms with van der Waals surface area (Å²) in [7, 11) is -3.75. The van der Waals surface area contributed by atoms with Crippen LogP contribution in [0.15, 0.2) is 29.2 Å². The number of hydrogen-bond acceptors (Lipinski definition) is 4. The fourth-order valence-corrected chi connectivity index (χ4v) is 3.67. The van der Waals surface area contributed by atoms with Crippen molar-refractivity contribution >= 4 is 16.1 Å². The van der Waals surface area contributed by atoms with E-state index in [1.165, 1.54) is 27.4 Å². The molecule has 1 aromatic carbocycles. The molecule has 0 aromatic heterocycles. The van der Waals surface area contributed by atoms with Gasteiger partial charge in [0.1, 0.15) is 11.4 Å². The minimum absolute atomic E-state index is 0.0804. The van der Waals surface area contributed by atoms with Gasteiger partial charge < -0.3 is 9.64 Å². The van der Waals surface area contributed by atoms with Crippen molar-refractivity contribution in [3.05, 3.63) is 30.1 Å². The number of benzene rings is 1. The van der Waals surface area contributed by atoms with Gasteiger partial charge in [-0.2, -0.15) is 4.31 Å². The number of carbonyl (C=O) groups is 1. The molecule has 2 rings (SSSR count). The first-order valence-corrected chi connectivity index (χ1v) is 8.77. The summed E-state index contributed by atoms with van der Waals surface area (Å²) in [6.45, 7) is 6.10. The van der Waals surface area contributed by atoms with E-state index in [1.54, 1.807) is 20.8 Å². The van der Waals surface area contributed by atoms with Gasteiger partial charge in [-0.1, -0.05) is 6.07 Å². The highest BCUT2D eigenvalue weighted by Gasteiger charge is 2.32. The van der Waals surface area contributed by atoms with Crippen LogP contribution in [0.4, 0.5) is 9.18 Å². The molecule has 0 spiro atoms. The number of sulfonamides is 1. The maximum absolute atomic E-state index is 13.2. The first kappa shape index (κ1) is 17.7. The van der Waals surface area contributed by atoms with Gasteiger partial charge in [-0.25, -0.2) is 17.6 Å². The van der Waals surface area contributed by atoms with Crippen molar-refractivity contribution in [3.8, 4) is 0 Å². The topological polar surface area (TPSA) is 66.9 Å². The summed E-state index contributed by atoms with van der Waals surface area (Å²) in [6, 6.07) is 4.91. The van der Waals surface area contributed by atoms with E-state index >= 15 is 0 Å². The van der Waals surface area contributed by atoms with Crippen molar-refractivity contribution in [2.45, 2.75) is 31.3 Å². The molecule has 23 heavy (non-hydrogen) atoms. The fraction of sp³-hybridized carbons (Fsp3) is 0.533. The lowest BCUT2D eigenvalue weighted by Crippen LogP contribution is -2.51. The van der Waals surface area contributed by atoms with Crippen molar-refractivity contribution in [3.63, 3.8) is 0 Å². The van der Waals surface area contributed by atoms with Crippen molar-refractivity contribution in [1.29, 1.82) is 0 Å². The number of carbonyl (C=O) groups excluding carboxylic acids is 1. The Hall–Kier alpha value is -1.67. The zero-order valence-corrected chi connectivity index (χ0v) is 14.3. The van der Waals surface area contributed by atoms with E-state index in [2.05, 4.69) is 0 Å². The minimum Gasteiger partial charge on any atom is -0.444 e. The van der Waals surface area contributed by atoms with Crippen LogP contribution in [0.3, 0.4) is 0 Å². The zero-order valence-electron chi connectivity index (χ0n) is 13.5. The predicted molar refractivity (Wildman–Crippen MR) is 83.0 cm³/mol. The van der Waals surface area contributed by atoms with Crippen LogP contribution in [0.1, 0.15) is 20.8 Å². The number of piperazine rings is 1. The quantitative estimate of drug-likeness (QED) is 0.824. The Kier molecular flexibility index (Phi) is 4.95. The molecule has 0 unspecified atom stereocenters. The summed E-state index contributed by atoms with van der Waals surface area (Å²) < 4.78 is 44.7. The number of rotatable bonds is 2. The van der Waals surface area contributed by atoms with E-state index < -0.39 is 27.5 Å². The van der Waals surface area contributed by atoms with Crippen molar-refractivity contribution in [1.82, 2.24) is 9.21 Å². The lowest BCUT2D eigenvalue weighted by molar-refractivity contribution is 0.0192. The van der Waals surface area contributed by atoms with E-state index in [0.717, 1.165) is 6.07 Å². The van der Waals surface area contributed by atoms with Crippen LogP contribution < -0.4 is 0 Å². The van der Waals surface area contributed by atoms with Crippen LogP contribution in [-0.4, -0.2) is 55.5 Å². The highest BCUT2D eigenvalue weighted by Crippen LogP contribution is 2.19. The number of ether oxygens (including phenoxy) is 1. The van der Waals surface area contributed by atoms with Gasteiger partial charge in [0.25, 0.3) is 0 Å². The van der Waals surface area contributed by atoms with Crippen LogP contribution in [-0.2, 0) is 14.8 Å². The van der Waals surface area contributed by atoms with Gasteiger partial charge in [-0.05, 0) is 39.0 Å². The molecule has 0 N–H and O–H groups in total. The second-order valence-electron chi connectivity index (χ2n) is 6.33. The summed E-state index contributed by atoms with van der Waals surface area (Å²) in [5, 5.41) is 0. The Bertz CT molecular complexity index is 677. The lowest BCUT2D eigenvalue weighted by Gasteiger charge is -2.34. The minimum atomic E-state index is -3.75. The standard InChI is InChI=1S/C15H21FN2O4S/c1-15(2,3)22-14(19)17-7-9-18(10-8-17)23(20,21)13-6-4-5-12(16)11-13/h4-6,11H,7-10H2,1-3H3. The average molecular weight is 344 g/mol. The van der Waals surface area contributed by atoms with Crippen molar-refractivity contribution < 1.29 is 22.3 Å². The Labute approximate surface area is 135 Å². The fourth-order valence-electron chi connectivity index (χ4n) is 2.21. The van der Waals surface area contributed by atoms with Gasteiger partial charge in [0.15, 0.2) is 0 Å². The lowest BCUT2D eigenvalue weighted by atomic mass is 10.2. The molecule has 1 aromatic rings. The molecular formula is C15H21FN2O4S. The molecule has 1 aliphatic rings. The first-order chi connectivity index (χ1) is 10.6. The number of nitrogens with zero attached hydrogens (tertiary/aromatic N) is 2. The molecule has 0 bridgehead atoms. The van der Waals surface area contributed by atoms with Crippen LogP contribution in [0.2, 0.25) is 0 Å². The maximum Gasteiger partial charge on any atom is 0.410 e. The molecule has 1 heterocycles. The summed E-state index contributed by atoms with van der Waals surface area (Å²) in [6.07, 6.45) is -0.458. The largest absolute Gasteiger partial charge is 0.444 e. The molecule has 128 valence electrons. The van der Waals surface area contributed by atoms with Gasteiger partial charge in [-0.3, -0.25) is 0 Å². The van der Waals surface area contributed by atoms with Gasteiger partial charge in [-0.15, -0.1) is 0 Å². The van der Waals surface area contributed by atoms with Crippen LogP contribution in [0.25, 0.3) is 0 Å². The molecule has 0 radical (unpaired) electrons. The monoisotopic (exact) mass is 344 g/mol. The number of hydrogen-bond donors (Lipinski definition) is 0. The third-order valence-corrected chi connectivity index (χ3v) is 5.22. The molecule has 0 saturated carbocycles. The van der Waals surface area contributed by atoms with E-state index in [1.807, 2.05) is 0 Å². The Balaban J connectivity index is 2.03. The average Bonchev–Trinajstić information content (AvgIpc) is 2.45. The molecule has 1 amide bonds. The molecule has 0 aliphatic carbocycles. The molecule has 6 nitrogen and oxygen atoms in total. The van der Waals surface area contributed by atoms with Crippen molar-refractivity contribution in [2.24, 2.45) is 0 Å². The highest BCUT2D eigenvalue weighted by atomic mass is 32.2. The smallest absolute Gasteiger partial charge is 0.410 e. The normalized spacial score (nSPS) is 17.1. The molecule has 0 atom stereocenters. The molecule has 1 fully saturated rings. The molecule has 1 saturated heterocycles. The van der Waals surface area contributed by atoms with Gasteiger partial charge in [0.05, 0.1) is 4.90 Å². The Morgan fingerprint density at radius 3 is 2.30 bits per heavy atom. The van der Waals surface area contributed by atoms with Crippen LogP contribution in [0.5, 0.6) is 0 Å². The second kappa shape index (κ2) is 6.45. The summed E-state index contributed by atoms with van der Waals surface area (Å²) in [5.74, 6) is -0.599. The molecule has 8 heteroatoms. The van der Waals surface area contributed by atoms with E-state index in [4.69, 9.17) is 4.74 Å². The van der Waals surface area contributed by atoms with Crippen LogP contribution >= 0.6 is 0 Å². The number of amides is 1. The molecule has 1 aliphatic heterocycles. The third-order valence-electron chi connectivity index (χ3n) is 3.32.